The van der Waals surface area contributed by atoms with Crippen LogP contribution in [-0.4, -0.2) is 39.1 Å². The lowest BCUT2D eigenvalue weighted by Gasteiger charge is -2.12. The van der Waals surface area contributed by atoms with Crippen LogP contribution in [0.2, 0.25) is 5.02 Å². The lowest BCUT2D eigenvalue weighted by Crippen LogP contribution is -2.43. The molecule has 2 rings (SSSR count). The third kappa shape index (κ3) is 4.46. The molecule has 0 aliphatic rings. The number of halogens is 2. The Morgan fingerprint density at radius 3 is 2.41 bits per heavy atom. The molecule has 0 aliphatic carbocycles. The Labute approximate surface area is 174 Å². The number of oxime groups is 1. The third-order valence-corrected chi connectivity index (χ3v) is 4.93. The smallest absolute Gasteiger partial charge is 0.349 e. The number of carbonyl (C=O) groups is 1. The van der Waals surface area contributed by atoms with Crippen LogP contribution in [0.25, 0.3) is 5.69 Å². The van der Waals surface area contributed by atoms with E-state index in [2.05, 4.69) is 9.89 Å². The first-order valence-electron chi connectivity index (χ1n) is 8.29. The van der Waals surface area contributed by atoms with Gasteiger partial charge in [0.25, 0.3) is 0 Å². The summed E-state index contributed by atoms with van der Waals surface area (Å²) in [5.41, 5.74) is -1.83. The molecule has 0 saturated carbocycles. The van der Waals surface area contributed by atoms with E-state index in [1.54, 1.807) is 6.92 Å². The summed E-state index contributed by atoms with van der Waals surface area (Å²) < 4.78 is 21.8. The fourth-order valence-electron chi connectivity index (χ4n) is 2.38. The monoisotopic (exact) mass is 444 g/mol. The highest BCUT2D eigenvalue weighted by molar-refractivity contribution is 7.71. The van der Waals surface area contributed by atoms with Crippen LogP contribution in [0.3, 0.4) is 0 Å². The molecule has 0 radical (unpaired) electrons. The molecule has 1 unspecified atom stereocenters. The van der Waals surface area contributed by atoms with Crippen LogP contribution in [0.15, 0.2) is 26.9 Å². The highest BCUT2D eigenvalue weighted by Gasteiger charge is 2.19. The van der Waals surface area contributed by atoms with Gasteiger partial charge in [-0.1, -0.05) is 23.7 Å². The second-order valence-electron chi connectivity index (χ2n) is 5.89. The minimum absolute atomic E-state index is 0.0192. The number of esters is 1. The number of hydrogen-bond donors (Lipinski definition) is 0. The van der Waals surface area contributed by atoms with E-state index in [9.17, 15) is 18.8 Å². The van der Waals surface area contributed by atoms with Crippen molar-refractivity contribution in [2.45, 2.75) is 19.4 Å². The van der Waals surface area contributed by atoms with E-state index in [1.165, 1.54) is 21.2 Å². The fraction of sp³-hybridized carbons (Fsp3) is 0.353. The van der Waals surface area contributed by atoms with Crippen molar-refractivity contribution < 1.29 is 18.8 Å². The Hall–Kier alpha value is -2.79. The van der Waals surface area contributed by atoms with E-state index in [-0.39, 0.29) is 21.0 Å². The molecule has 0 N–H and O–H groups in total. The summed E-state index contributed by atoms with van der Waals surface area (Å²) in [6.07, 6.45) is 0.513. The molecule has 156 valence electrons. The average molecular weight is 445 g/mol. The number of aromatic nitrogens is 3. The Kier molecular flexibility index (Phi) is 7.09. The van der Waals surface area contributed by atoms with Crippen molar-refractivity contribution in [3.8, 4) is 5.69 Å². The van der Waals surface area contributed by atoms with Gasteiger partial charge in [0.05, 0.1) is 24.0 Å². The van der Waals surface area contributed by atoms with Crippen LogP contribution in [0.4, 0.5) is 4.39 Å². The van der Waals surface area contributed by atoms with Crippen LogP contribution in [0.1, 0.15) is 18.9 Å². The Balaban J connectivity index is 2.56. The average Bonchev–Trinajstić information content (AvgIpc) is 2.70. The van der Waals surface area contributed by atoms with Gasteiger partial charge in [-0.15, -0.1) is 0 Å². The van der Waals surface area contributed by atoms with Crippen molar-refractivity contribution in [2.75, 3.05) is 7.11 Å². The van der Waals surface area contributed by atoms with E-state index in [4.69, 9.17) is 28.7 Å². The van der Waals surface area contributed by atoms with E-state index in [1.807, 2.05) is 0 Å². The molecule has 1 aromatic carbocycles. The van der Waals surface area contributed by atoms with Gasteiger partial charge in [0, 0.05) is 19.7 Å². The maximum atomic E-state index is 14.5. The number of nitrogens with zero attached hydrogens (tertiary/aromatic N) is 4. The van der Waals surface area contributed by atoms with Crippen LogP contribution in [0.5, 0.6) is 0 Å². The second kappa shape index (κ2) is 9.14. The Bertz CT molecular complexity index is 1110. The first kappa shape index (κ1) is 22.5. The van der Waals surface area contributed by atoms with Gasteiger partial charge in [-0.25, -0.2) is 23.3 Å². The van der Waals surface area contributed by atoms with Crippen molar-refractivity contribution in [2.24, 2.45) is 19.3 Å². The molecule has 1 atom stereocenters. The van der Waals surface area contributed by atoms with Crippen LogP contribution < -0.4 is 11.4 Å². The second-order valence-corrected chi connectivity index (χ2v) is 6.66. The maximum absolute atomic E-state index is 14.5. The molecule has 0 amide bonds. The van der Waals surface area contributed by atoms with Crippen LogP contribution >= 0.6 is 23.8 Å². The topological polar surface area (TPSA) is 96.8 Å². The Morgan fingerprint density at radius 2 is 1.90 bits per heavy atom. The molecule has 0 bridgehead atoms. The maximum Gasteiger partial charge on any atom is 0.349 e. The highest BCUT2D eigenvalue weighted by atomic mass is 35.5. The summed E-state index contributed by atoms with van der Waals surface area (Å²) in [5.74, 6) is -1.51. The number of rotatable bonds is 6. The SMILES string of the molecule is CCC(O/N=C/c1cc(-n2c(=O)n(C)c(=S)n(C)c2=O)c(F)cc1Cl)C(=O)OC. The molecule has 29 heavy (non-hydrogen) atoms. The van der Waals surface area contributed by atoms with E-state index in [0.29, 0.717) is 11.0 Å². The summed E-state index contributed by atoms with van der Waals surface area (Å²) in [7, 11) is 3.94. The van der Waals surface area contributed by atoms with Crippen LogP contribution in [0, 0.1) is 10.6 Å². The minimum atomic E-state index is -0.927. The molecule has 0 spiro atoms. The molecule has 0 saturated heterocycles. The zero-order valence-corrected chi connectivity index (χ0v) is 17.6. The van der Waals surface area contributed by atoms with Gasteiger partial charge in [0.15, 0.2) is 4.77 Å². The van der Waals surface area contributed by atoms with Gasteiger partial charge in [-0.2, -0.15) is 0 Å². The Morgan fingerprint density at radius 1 is 1.31 bits per heavy atom. The van der Waals surface area contributed by atoms with E-state index < -0.39 is 29.3 Å². The van der Waals surface area contributed by atoms with E-state index >= 15 is 0 Å². The van der Waals surface area contributed by atoms with Gasteiger partial charge in [0.2, 0.25) is 6.10 Å². The molecule has 12 heteroatoms. The molecule has 1 aromatic heterocycles. The number of methoxy groups -OCH3 is 1. The van der Waals surface area contributed by atoms with Crippen molar-refractivity contribution >= 4 is 36.0 Å². The minimum Gasteiger partial charge on any atom is -0.466 e. The van der Waals surface area contributed by atoms with Crippen LogP contribution in [-0.2, 0) is 28.5 Å². The summed E-state index contributed by atoms with van der Waals surface area (Å²) in [4.78, 5) is 41.6. The molecule has 1 heterocycles. The number of carbonyl (C=O) groups excluding carboxylic acids is 1. The lowest BCUT2D eigenvalue weighted by molar-refractivity contribution is -0.154. The molecule has 0 fully saturated rings. The normalized spacial score (nSPS) is 12.2. The molecule has 9 nitrogen and oxygen atoms in total. The van der Waals surface area contributed by atoms with Gasteiger partial charge in [-0.3, -0.25) is 9.13 Å². The van der Waals surface area contributed by atoms with Gasteiger partial charge >= 0.3 is 17.3 Å². The van der Waals surface area contributed by atoms with Crippen molar-refractivity contribution in [1.29, 1.82) is 0 Å². The summed E-state index contributed by atoms with van der Waals surface area (Å²) in [6.45, 7) is 1.70. The summed E-state index contributed by atoms with van der Waals surface area (Å²) >= 11 is 11.0. The standard InChI is InChI=1S/C17H18ClFN4O5S/c1-5-13(14(24)27-4)28-20-8-9-6-12(11(19)7-10(9)18)23-15(25)21(2)17(29)22(3)16(23)26/h6-8,13H,5H2,1-4H3/b20-8+. The van der Waals surface area contributed by atoms with Gasteiger partial charge in [0.1, 0.15) is 5.82 Å². The first-order chi connectivity index (χ1) is 13.6. The quantitative estimate of drug-likeness (QED) is 0.291. The van der Waals surface area contributed by atoms with Crippen molar-refractivity contribution in [1.82, 2.24) is 13.7 Å². The fourth-order valence-corrected chi connectivity index (χ4v) is 2.73. The predicted octanol–water partition coefficient (Wildman–Crippen LogP) is 1.70. The van der Waals surface area contributed by atoms with Gasteiger partial charge in [-0.05, 0) is 30.8 Å². The zero-order valence-electron chi connectivity index (χ0n) is 16.0. The van der Waals surface area contributed by atoms with E-state index in [0.717, 1.165) is 27.5 Å². The molecule has 0 aliphatic heterocycles. The van der Waals surface area contributed by atoms with Crippen molar-refractivity contribution in [3.05, 3.63) is 54.3 Å². The third-order valence-electron chi connectivity index (χ3n) is 4.05. The lowest BCUT2D eigenvalue weighted by atomic mass is 10.2. The highest BCUT2D eigenvalue weighted by Crippen LogP contribution is 2.21. The molecular weight excluding hydrogens is 427 g/mol. The zero-order chi connectivity index (χ0) is 21.9. The summed E-state index contributed by atoms with van der Waals surface area (Å²) in [5, 5.41) is 3.63. The number of hydrogen-bond acceptors (Lipinski definition) is 7. The molecular formula is C17H18ClFN4O5S. The molecule has 2 aromatic rings. The number of benzene rings is 1. The number of ether oxygens (including phenoxy) is 1. The predicted molar refractivity (Wildman–Crippen MR) is 107 cm³/mol. The first-order valence-corrected chi connectivity index (χ1v) is 9.08. The summed E-state index contributed by atoms with van der Waals surface area (Å²) in [6, 6.07) is 2.10. The largest absolute Gasteiger partial charge is 0.466 e. The van der Waals surface area contributed by atoms with Gasteiger partial charge < -0.3 is 9.57 Å². The van der Waals surface area contributed by atoms with Crippen molar-refractivity contribution in [3.63, 3.8) is 0 Å².